The largest absolute Gasteiger partial charge is 0.609 e. The first-order valence-electron chi connectivity index (χ1n) is 6.20. The van der Waals surface area contributed by atoms with Gasteiger partial charge in [0.05, 0.1) is 0 Å². The van der Waals surface area contributed by atoms with Gasteiger partial charge in [-0.25, -0.2) is 4.98 Å². The minimum Gasteiger partial charge on any atom is -0.609 e. The maximum Gasteiger partial charge on any atom is 0.343 e. The molecule has 2 aromatic heterocycles. The molecule has 0 spiro atoms. The Labute approximate surface area is 119 Å². The van der Waals surface area contributed by atoms with E-state index in [0.29, 0.717) is 17.0 Å². The molecule has 1 aliphatic carbocycles. The Morgan fingerprint density at radius 2 is 2.20 bits per heavy atom. The van der Waals surface area contributed by atoms with Crippen LogP contribution in [0.3, 0.4) is 0 Å². The second kappa shape index (κ2) is 4.58. The standard InChI is InChI=1S/C13H13N5OS/c1-13(3-4-13)18-11-10-8(5-9(6-14)16-11)7-15-12(17-10)20(2)19/h5,7H,3-4H2,1-2H3,(H,16,18). The number of fused-ring (bicyclic) bond motifs is 1. The Hall–Kier alpha value is -1.91. The second-order valence-corrected chi connectivity index (χ2v) is 6.47. The van der Waals surface area contributed by atoms with Crippen molar-refractivity contribution in [1.82, 2.24) is 15.0 Å². The van der Waals surface area contributed by atoms with Crippen LogP contribution in [0, 0.1) is 11.3 Å². The van der Waals surface area contributed by atoms with E-state index in [2.05, 4.69) is 27.2 Å². The first-order chi connectivity index (χ1) is 9.50. The van der Waals surface area contributed by atoms with Gasteiger partial charge in [-0.2, -0.15) is 15.2 Å². The van der Waals surface area contributed by atoms with Gasteiger partial charge in [0, 0.05) is 28.3 Å². The van der Waals surface area contributed by atoms with Gasteiger partial charge in [-0.1, -0.05) is 0 Å². The monoisotopic (exact) mass is 287 g/mol. The molecule has 3 rings (SSSR count). The Balaban J connectivity index is 2.17. The normalized spacial score (nSPS) is 17.5. The molecule has 20 heavy (non-hydrogen) atoms. The smallest absolute Gasteiger partial charge is 0.343 e. The van der Waals surface area contributed by atoms with E-state index in [1.165, 1.54) is 6.26 Å². The van der Waals surface area contributed by atoms with E-state index in [1.54, 1.807) is 12.3 Å². The Kier molecular flexibility index (Phi) is 3.00. The van der Waals surface area contributed by atoms with Gasteiger partial charge in [-0.05, 0) is 25.8 Å². The van der Waals surface area contributed by atoms with Crippen LogP contribution in [0.2, 0.25) is 0 Å². The molecule has 1 atom stereocenters. The third kappa shape index (κ3) is 2.40. The number of pyridine rings is 1. The van der Waals surface area contributed by atoms with Crippen molar-refractivity contribution in [2.45, 2.75) is 30.5 Å². The molecule has 0 saturated heterocycles. The van der Waals surface area contributed by atoms with Gasteiger partial charge in [-0.3, -0.25) is 0 Å². The number of rotatable bonds is 3. The molecular formula is C13H13N5OS. The van der Waals surface area contributed by atoms with E-state index < -0.39 is 11.2 Å². The SMILES string of the molecule is C[S+]([O-])c1ncc2cc(C#N)nc(NC3(C)CC3)c2n1. The lowest BCUT2D eigenvalue weighted by Gasteiger charge is -2.14. The van der Waals surface area contributed by atoms with Gasteiger partial charge in [-0.15, -0.1) is 0 Å². The predicted molar refractivity (Wildman–Crippen MR) is 75.6 cm³/mol. The topological polar surface area (TPSA) is 97.5 Å². The summed E-state index contributed by atoms with van der Waals surface area (Å²) in [5.41, 5.74) is 0.945. The molecule has 1 fully saturated rings. The Bertz CT molecular complexity index is 721. The van der Waals surface area contributed by atoms with Crippen molar-refractivity contribution in [3.63, 3.8) is 0 Å². The van der Waals surface area contributed by atoms with Crippen LogP contribution in [0.5, 0.6) is 0 Å². The summed E-state index contributed by atoms with van der Waals surface area (Å²) in [5.74, 6) is 0.563. The van der Waals surface area contributed by atoms with Crippen molar-refractivity contribution in [3.05, 3.63) is 18.0 Å². The van der Waals surface area contributed by atoms with Crippen LogP contribution in [0.1, 0.15) is 25.5 Å². The molecule has 0 radical (unpaired) electrons. The van der Waals surface area contributed by atoms with E-state index in [0.717, 1.165) is 18.2 Å². The zero-order valence-corrected chi connectivity index (χ0v) is 12.0. The lowest BCUT2D eigenvalue weighted by Crippen LogP contribution is -2.18. The zero-order chi connectivity index (χ0) is 14.3. The lowest BCUT2D eigenvalue weighted by atomic mass is 10.2. The number of aromatic nitrogens is 3. The molecule has 7 heteroatoms. The van der Waals surface area contributed by atoms with Crippen molar-refractivity contribution >= 4 is 27.9 Å². The Morgan fingerprint density at radius 3 is 2.80 bits per heavy atom. The number of nitrogens with zero attached hydrogens (tertiary/aromatic N) is 4. The van der Waals surface area contributed by atoms with Gasteiger partial charge in [0.1, 0.15) is 23.5 Å². The molecule has 0 amide bonds. The van der Waals surface area contributed by atoms with Crippen molar-refractivity contribution in [3.8, 4) is 6.07 Å². The van der Waals surface area contributed by atoms with E-state index in [9.17, 15) is 4.55 Å². The molecule has 102 valence electrons. The minimum atomic E-state index is -1.25. The predicted octanol–water partition coefficient (Wildman–Crippen LogP) is 1.60. The summed E-state index contributed by atoms with van der Waals surface area (Å²) in [4.78, 5) is 12.7. The summed E-state index contributed by atoms with van der Waals surface area (Å²) in [7, 11) is 0. The molecule has 1 unspecified atom stereocenters. The average Bonchev–Trinajstić information content (AvgIpc) is 3.15. The first kappa shape index (κ1) is 13.1. The molecule has 0 aliphatic heterocycles. The van der Waals surface area contributed by atoms with Crippen LogP contribution in [-0.2, 0) is 11.2 Å². The third-order valence-electron chi connectivity index (χ3n) is 3.34. The highest BCUT2D eigenvalue weighted by Crippen LogP contribution is 2.39. The highest BCUT2D eigenvalue weighted by molar-refractivity contribution is 7.90. The van der Waals surface area contributed by atoms with Crippen molar-refractivity contribution in [1.29, 1.82) is 5.26 Å². The van der Waals surface area contributed by atoms with Crippen LogP contribution >= 0.6 is 0 Å². The van der Waals surface area contributed by atoms with Gasteiger partial charge in [0.15, 0.2) is 5.82 Å². The van der Waals surface area contributed by atoms with Crippen LogP contribution in [0.25, 0.3) is 10.9 Å². The number of nitriles is 1. The van der Waals surface area contributed by atoms with Gasteiger partial charge < -0.3 is 9.87 Å². The summed E-state index contributed by atoms with van der Waals surface area (Å²) in [6, 6.07) is 3.67. The number of hydrogen-bond donors (Lipinski definition) is 1. The van der Waals surface area contributed by atoms with Crippen molar-refractivity contribution in [2.24, 2.45) is 0 Å². The summed E-state index contributed by atoms with van der Waals surface area (Å²) >= 11 is -1.25. The number of hydrogen-bond acceptors (Lipinski definition) is 6. The second-order valence-electron chi connectivity index (χ2n) is 5.20. The zero-order valence-electron chi connectivity index (χ0n) is 11.2. The molecule has 6 nitrogen and oxygen atoms in total. The van der Waals surface area contributed by atoms with E-state index in [-0.39, 0.29) is 10.7 Å². The van der Waals surface area contributed by atoms with E-state index in [1.807, 2.05) is 6.07 Å². The molecule has 1 saturated carbocycles. The summed E-state index contributed by atoms with van der Waals surface area (Å²) in [6.07, 6.45) is 5.24. The molecular weight excluding hydrogens is 274 g/mol. The van der Waals surface area contributed by atoms with Crippen molar-refractivity contribution < 1.29 is 4.55 Å². The third-order valence-corrected chi connectivity index (χ3v) is 4.05. The summed E-state index contributed by atoms with van der Waals surface area (Å²) < 4.78 is 11.5. The maximum atomic E-state index is 11.5. The fraction of sp³-hybridized carbons (Fsp3) is 0.385. The van der Waals surface area contributed by atoms with Gasteiger partial charge in [0.2, 0.25) is 0 Å². The first-order valence-corrected chi connectivity index (χ1v) is 7.76. The highest BCUT2D eigenvalue weighted by Gasteiger charge is 2.38. The average molecular weight is 287 g/mol. The molecule has 0 bridgehead atoms. The number of anilines is 1. The van der Waals surface area contributed by atoms with Crippen LogP contribution in [0.15, 0.2) is 17.4 Å². The summed E-state index contributed by atoms with van der Waals surface area (Å²) in [5, 5.41) is 13.4. The van der Waals surface area contributed by atoms with Crippen molar-refractivity contribution in [2.75, 3.05) is 11.6 Å². The lowest BCUT2D eigenvalue weighted by molar-refractivity contribution is 0.593. The van der Waals surface area contributed by atoms with Crippen LogP contribution < -0.4 is 5.32 Å². The fourth-order valence-electron chi connectivity index (χ4n) is 1.90. The van der Waals surface area contributed by atoms with Crippen LogP contribution in [-0.4, -0.2) is 31.3 Å². The minimum absolute atomic E-state index is 0.0183. The Morgan fingerprint density at radius 1 is 1.45 bits per heavy atom. The quantitative estimate of drug-likeness (QED) is 0.680. The summed E-state index contributed by atoms with van der Waals surface area (Å²) in [6.45, 7) is 2.10. The van der Waals surface area contributed by atoms with E-state index in [4.69, 9.17) is 5.26 Å². The molecule has 0 aromatic carbocycles. The fourth-order valence-corrected chi connectivity index (χ4v) is 2.33. The van der Waals surface area contributed by atoms with Crippen LogP contribution in [0.4, 0.5) is 5.82 Å². The highest BCUT2D eigenvalue weighted by atomic mass is 32.2. The maximum absolute atomic E-state index is 11.5. The number of nitrogens with one attached hydrogen (secondary N) is 1. The van der Waals surface area contributed by atoms with Gasteiger partial charge in [0.25, 0.3) is 0 Å². The molecule has 2 aromatic rings. The van der Waals surface area contributed by atoms with E-state index >= 15 is 0 Å². The molecule has 1 N–H and O–H groups in total. The molecule has 1 aliphatic rings. The van der Waals surface area contributed by atoms with Gasteiger partial charge >= 0.3 is 5.16 Å². The molecule has 2 heterocycles.